The third kappa shape index (κ3) is 6.40. The van der Waals surface area contributed by atoms with Gasteiger partial charge in [0.2, 0.25) is 0 Å². The van der Waals surface area contributed by atoms with E-state index >= 15 is 0 Å². The number of ether oxygens (including phenoxy) is 1. The molecule has 0 aliphatic heterocycles. The molecule has 0 saturated heterocycles. The summed E-state index contributed by atoms with van der Waals surface area (Å²) in [7, 11) is 1.21. The van der Waals surface area contributed by atoms with Gasteiger partial charge in [-0.25, -0.2) is 15.0 Å². The van der Waals surface area contributed by atoms with Crippen LogP contribution in [0.4, 0.5) is 31.5 Å². The number of benzene rings is 1. The number of carbonyl (C=O) groups excluding carboxylic acids is 1. The standard InChI is InChI=1S/C30H18F6N6O3S/c1-45-22-7-5-16(29(31,32)33)10-20(22)19-12-23(42-9-8-17(11-24(42)43)30(34,35)36)37-14-21(19)26(44)41-28-40-25-27(46-28)39-18(13-38-25)6-4-15-2-3-15/h5,7-15H,2-3H2,1H3,(H,38,40,41,44). The molecule has 0 unspecified atom stereocenters. The first-order valence-corrected chi connectivity index (χ1v) is 14.1. The van der Waals surface area contributed by atoms with Crippen molar-refractivity contribution in [1.29, 1.82) is 0 Å². The zero-order chi connectivity index (χ0) is 32.8. The molecule has 1 aliphatic carbocycles. The van der Waals surface area contributed by atoms with Crippen LogP contribution >= 0.6 is 11.3 Å². The Morgan fingerprint density at radius 2 is 1.72 bits per heavy atom. The molecule has 0 radical (unpaired) electrons. The summed E-state index contributed by atoms with van der Waals surface area (Å²) in [6.45, 7) is 0. The molecule has 1 saturated carbocycles. The van der Waals surface area contributed by atoms with Crippen LogP contribution in [-0.2, 0) is 12.4 Å². The normalized spacial score (nSPS) is 13.3. The Labute approximate surface area is 258 Å². The minimum atomic E-state index is -4.79. The quantitative estimate of drug-likeness (QED) is 0.173. The molecule has 1 amide bonds. The Bertz CT molecular complexity index is 2130. The minimum Gasteiger partial charge on any atom is -0.496 e. The molecule has 1 aromatic carbocycles. The number of anilines is 1. The van der Waals surface area contributed by atoms with Crippen molar-refractivity contribution in [2.24, 2.45) is 5.92 Å². The number of nitrogens with one attached hydrogen (secondary N) is 1. The highest BCUT2D eigenvalue weighted by atomic mass is 32.1. The predicted octanol–water partition coefficient (Wildman–Crippen LogP) is 6.36. The number of aromatic nitrogens is 5. The average molecular weight is 657 g/mol. The number of rotatable bonds is 5. The van der Waals surface area contributed by atoms with Gasteiger partial charge in [0.25, 0.3) is 11.5 Å². The number of amides is 1. The maximum absolute atomic E-state index is 13.7. The van der Waals surface area contributed by atoms with Crippen molar-refractivity contribution in [3.63, 3.8) is 0 Å². The topological polar surface area (TPSA) is 112 Å². The van der Waals surface area contributed by atoms with Crippen LogP contribution in [0.1, 0.15) is 40.0 Å². The Kier molecular flexibility index (Phi) is 7.72. The van der Waals surface area contributed by atoms with Gasteiger partial charge in [0.1, 0.15) is 17.3 Å². The molecular weight excluding hydrogens is 638 g/mol. The number of thiazole rings is 1. The second-order valence-corrected chi connectivity index (χ2v) is 11.0. The lowest BCUT2D eigenvalue weighted by Crippen LogP contribution is -2.21. The van der Waals surface area contributed by atoms with Crippen molar-refractivity contribution in [3.8, 4) is 34.5 Å². The van der Waals surface area contributed by atoms with Crippen LogP contribution in [0.15, 0.2) is 59.8 Å². The van der Waals surface area contributed by atoms with E-state index in [9.17, 15) is 35.9 Å². The lowest BCUT2D eigenvalue weighted by Gasteiger charge is -2.17. The molecule has 4 heterocycles. The molecule has 1 fully saturated rings. The predicted molar refractivity (Wildman–Crippen MR) is 155 cm³/mol. The van der Waals surface area contributed by atoms with Gasteiger partial charge in [0, 0.05) is 35.5 Å². The summed E-state index contributed by atoms with van der Waals surface area (Å²) in [4.78, 5) is 43.5. The van der Waals surface area contributed by atoms with Crippen LogP contribution in [0, 0.1) is 17.8 Å². The zero-order valence-corrected chi connectivity index (χ0v) is 24.1. The lowest BCUT2D eigenvalue weighted by molar-refractivity contribution is -0.138. The maximum atomic E-state index is 13.7. The highest BCUT2D eigenvalue weighted by Gasteiger charge is 2.33. The molecular formula is C30H18F6N6O3S. The highest BCUT2D eigenvalue weighted by molar-refractivity contribution is 7.21. The summed E-state index contributed by atoms with van der Waals surface area (Å²) >= 11 is 0.989. The maximum Gasteiger partial charge on any atom is 0.416 e. The fraction of sp³-hybridized carbons (Fsp3) is 0.200. The summed E-state index contributed by atoms with van der Waals surface area (Å²) in [5, 5.41) is 2.64. The molecule has 5 aromatic rings. The SMILES string of the molecule is COc1ccc(C(F)(F)F)cc1-c1cc(-n2ccc(C(F)(F)F)cc2=O)ncc1C(=O)Nc1nc2ncc(C#CC3CC3)nc2s1. The second kappa shape index (κ2) is 11.6. The fourth-order valence-corrected chi connectivity index (χ4v) is 5.12. The Morgan fingerprint density at radius 1 is 0.978 bits per heavy atom. The van der Waals surface area contributed by atoms with Gasteiger partial charge in [-0.2, -0.15) is 31.3 Å². The first-order chi connectivity index (χ1) is 21.8. The van der Waals surface area contributed by atoms with Crippen molar-refractivity contribution < 1.29 is 35.9 Å². The Morgan fingerprint density at radius 3 is 2.39 bits per heavy atom. The highest BCUT2D eigenvalue weighted by Crippen LogP contribution is 2.39. The van der Waals surface area contributed by atoms with Crippen molar-refractivity contribution in [2.75, 3.05) is 12.4 Å². The first kappa shape index (κ1) is 30.7. The molecule has 4 aromatic heterocycles. The number of methoxy groups -OCH3 is 1. The van der Waals surface area contributed by atoms with Crippen LogP contribution in [0.2, 0.25) is 0 Å². The van der Waals surface area contributed by atoms with E-state index in [1.165, 1.54) is 13.3 Å². The lowest BCUT2D eigenvalue weighted by atomic mass is 9.97. The zero-order valence-electron chi connectivity index (χ0n) is 23.3. The number of carbonyl (C=O) groups is 1. The third-order valence-electron chi connectivity index (χ3n) is 6.77. The minimum absolute atomic E-state index is 0.0628. The van der Waals surface area contributed by atoms with Gasteiger partial charge in [-0.1, -0.05) is 17.3 Å². The van der Waals surface area contributed by atoms with Crippen LogP contribution in [0.25, 0.3) is 27.4 Å². The van der Waals surface area contributed by atoms with E-state index in [0.29, 0.717) is 28.6 Å². The number of nitrogens with zero attached hydrogens (tertiary/aromatic N) is 5. The first-order valence-electron chi connectivity index (χ1n) is 13.3. The van der Waals surface area contributed by atoms with Gasteiger partial charge >= 0.3 is 12.4 Å². The smallest absolute Gasteiger partial charge is 0.416 e. The van der Waals surface area contributed by atoms with Gasteiger partial charge in [-0.15, -0.1) is 0 Å². The Balaban J connectivity index is 1.43. The molecule has 0 atom stereocenters. The number of alkyl halides is 6. The number of hydrogen-bond acceptors (Lipinski definition) is 8. The van der Waals surface area contributed by atoms with E-state index in [1.54, 1.807) is 0 Å². The average Bonchev–Trinajstić information content (AvgIpc) is 3.76. The third-order valence-corrected chi connectivity index (χ3v) is 7.62. The Hall–Kier alpha value is -5.30. The number of halogens is 6. The van der Waals surface area contributed by atoms with Gasteiger partial charge in [0.15, 0.2) is 15.6 Å². The van der Waals surface area contributed by atoms with Crippen molar-refractivity contribution in [2.45, 2.75) is 25.2 Å². The summed E-state index contributed by atoms with van der Waals surface area (Å²) in [6, 6.07) is 4.69. The van der Waals surface area contributed by atoms with E-state index in [1.807, 2.05) is 0 Å². The van der Waals surface area contributed by atoms with Crippen LogP contribution in [-0.4, -0.2) is 37.5 Å². The van der Waals surface area contributed by atoms with Crippen molar-refractivity contribution in [1.82, 2.24) is 24.5 Å². The molecule has 9 nitrogen and oxygen atoms in total. The molecule has 1 N–H and O–H groups in total. The van der Waals surface area contributed by atoms with E-state index in [2.05, 4.69) is 37.1 Å². The van der Waals surface area contributed by atoms with E-state index in [4.69, 9.17) is 4.74 Å². The molecule has 234 valence electrons. The molecule has 6 rings (SSSR count). The molecule has 16 heteroatoms. The number of pyridine rings is 2. The van der Waals surface area contributed by atoms with Gasteiger partial charge in [-0.05, 0) is 49.1 Å². The summed E-state index contributed by atoms with van der Waals surface area (Å²) in [6.07, 6.45) is -4.24. The van der Waals surface area contributed by atoms with E-state index in [0.717, 1.165) is 65.4 Å². The van der Waals surface area contributed by atoms with Crippen LogP contribution in [0.3, 0.4) is 0 Å². The summed E-state index contributed by atoms with van der Waals surface area (Å²) < 4.78 is 86.6. The van der Waals surface area contributed by atoms with Crippen molar-refractivity contribution >= 4 is 32.9 Å². The van der Waals surface area contributed by atoms with Gasteiger partial charge < -0.3 is 4.74 Å². The largest absolute Gasteiger partial charge is 0.496 e. The van der Waals surface area contributed by atoms with E-state index in [-0.39, 0.29) is 39.0 Å². The van der Waals surface area contributed by atoms with E-state index < -0.39 is 34.9 Å². The fourth-order valence-electron chi connectivity index (χ4n) is 4.32. The summed E-state index contributed by atoms with van der Waals surface area (Å²) in [5.41, 5.74) is -3.33. The number of hydrogen-bond donors (Lipinski definition) is 1. The van der Waals surface area contributed by atoms with Crippen LogP contribution in [0.5, 0.6) is 5.75 Å². The number of fused-ring (bicyclic) bond motifs is 1. The molecule has 46 heavy (non-hydrogen) atoms. The van der Waals surface area contributed by atoms with Crippen molar-refractivity contribution in [3.05, 3.63) is 87.7 Å². The van der Waals surface area contributed by atoms with Crippen LogP contribution < -0.4 is 15.6 Å². The monoisotopic (exact) mass is 656 g/mol. The molecule has 0 bridgehead atoms. The second-order valence-electron chi connectivity index (χ2n) is 10.0. The molecule has 1 aliphatic rings. The molecule has 0 spiro atoms. The van der Waals surface area contributed by atoms with Gasteiger partial charge in [-0.3, -0.25) is 19.5 Å². The van der Waals surface area contributed by atoms with Gasteiger partial charge in [0.05, 0.1) is 30.0 Å². The summed E-state index contributed by atoms with van der Waals surface area (Å²) in [5.74, 6) is 5.19.